The van der Waals surface area contributed by atoms with Crippen molar-refractivity contribution in [1.29, 1.82) is 0 Å². The van der Waals surface area contributed by atoms with Gasteiger partial charge in [-0.05, 0) is 17.9 Å². The number of carbonyl (C=O) groups excluding carboxylic acids is 4. The van der Waals surface area contributed by atoms with Gasteiger partial charge in [0.15, 0.2) is 6.10 Å². The minimum atomic E-state index is -1.29. The molecule has 1 aromatic carbocycles. The summed E-state index contributed by atoms with van der Waals surface area (Å²) < 4.78 is 5.12. The van der Waals surface area contributed by atoms with Gasteiger partial charge < -0.3 is 15.6 Å². The average molecular weight is 388 g/mol. The molecule has 0 bridgehead atoms. The molecule has 0 unspecified atom stereocenters. The molecule has 9 nitrogen and oxygen atoms in total. The summed E-state index contributed by atoms with van der Waals surface area (Å²) in [5.41, 5.74) is 8.89. The molecule has 9 heteroatoms. The highest BCUT2D eigenvalue weighted by Gasteiger charge is 2.38. The fourth-order valence-corrected chi connectivity index (χ4v) is 2.19. The average Bonchev–Trinajstić information content (AvgIpc) is 2.65. The minimum absolute atomic E-state index is 0.00499. The first kappa shape index (κ1) is 22.7. The lowest BCUT2D eigenvalue weighted by Crippen LogP contribution is -2.44. The fraction of sp³-hybridized carbons (Fsp3) is 0.421. The molecule has 1 atom stereocenters. The second-order valence-electron chi connectivity index (χ2n) is 6.56. The molecule has 0 aromatic heterocycles. The summed E-state index contributed by atoms with van der Waals surface area (Å²) in [6.45, 7) is 5.01. The summed E-state index contributed by atoms with van der Waals surface area (Å²) in [6, 6.07) is 9.16. The van der Waals surface area contributed by atoms with Gasteiger partial charge in [0.1, 0.15) is 0 Å². The van der Waals surface area contributed by atoms with Crippen LogP contribution in [0.2, 0.25) is 0 Å². The molecule has 0 radical (unpaired) electrons. The van der Waals surface area contributed by atoms with Crippen LogP contribution >= 0.6 is 0 Å². The third-order valence-corrected chi connectivity index (χ3v) is 3.81. The summed E-state index contributed by atoms with van der Waals surface area (Å²) in [5, 5.41) is 2.67. The monoisotopic (exact) mass is 388 g/mol. The summed E-state index contributed by atoms with van der Waals surface area (Å²) in [6.07, 6.45) is -0.995. The van der Waals surface area contributed by atoms with Crippen LogP contribution in [-0.2, 0) is 30.5 Å². The lowest BCUT2D eigenvalue weighted by molar-refractivity contribution is -0.156. The normalized spacial score (nSPS) is 11.2. The quantitative estimate of drug-likeness (QED) is 0.233. The lowest BCUT2D eigenvalue weighted by atomic mass is 10.1. The Morgan fingerprint density at radius 2 is 1.79 bits per heavy atom. The Morgan fingerprint density at radius 1 is 1.18 bits per heavy atom. The van der Waals surface area contributed by atoms with Crippen molar-refractivity contribution in [3.05, 3.63) is 41.4 Å². The highest BCUT2D eigenvalue weighted by atomic mass is 16.5. The second kappa shape index (κ2) is 10.7. The van der Waals surface area contributed by atoms with Crippen molar-refractivity contribution in [1.82, 2.24) is 10.2 Å². The van der Waals surface area contributed by atoms with Crippen molar-refractivity contribution in [3.8, 4) is 0 Å². The van der Waals surface area contributed by atoms with Crippen LogP contribution < -0.4 is 5.32 Å². The first-order chi connectivity index (χ1) is 13.2. The molecule has 150 valence electrons. The van der Waals surface area contributed by atoms with Gasteiger partial charge in [0, 0.05) is 20.5 Å². The van der Waals surface area contributed by atoms with Crippen molar-refractivity contribution < 1.29 is 28.7 Å². The number of hydrogen-bond acceptors (Lipinski definition) is 5. The van der Waals surface area contributed by atoms with Gasteiger partial charge in [-0.3, -0.25) is 19.3 Å². The van der Waals surface area contributed by atoms with E-state index in [1.807, 2.05) is 44.2 Å². The van der Waals surface area contributed by atoms with Gasteiger partial charge in [-0.15, -0.1) is 0 Å². The molecule has 3 amide bonds. The van der Waals surface area contributed by atoms with E-state index >= 15 is 0 Å². The van der Waals surface area contributed by atoms with Crippen molar-refractivity contribution >= 4 is 29.4 Å². The number of hydrogen-bond donors (Lipinski definition) is 1. The predicted molar refractivity (Wildman–Crippen MR) is 99.7 cm³/mol. The first-order valence-corrected chi connectivity index (χ1v) is 8.70. The largest absolute Gasteiger partial charge is 0.463 e. The molecule has 0 heterocycles. The van der Waals surface area contributed by atoms with Gasteiger partial charge in [-0.2, -0.15) is 4.79 Å². The van der Waals surface area contributed by atoms with E-state index in [1.54, 1.807) is 0 Å². The van der Waals surface area contributed by atoms with E-state index in [0.717, 1.165) is 19.5 Å². The number of benzene rings is 1. The van der Waals surface area contributed by atoms with Gasteiger partial charge in [0.2, 0.25) is 5.91 Å². The number of amides is 3. The van der Waals surface area contributed by atoms with Crippen LogP contribution in [0.1, 0.15) is 32.8 Å². The Morgan fingerprint density at radius 3 is 2.29 bits per heavy atom. The molecule has 0 spiro atoms. The highest BCUT2D eigenvalue weighted by Crippen LogP contribution is 2.10. The van der Waals surface area contributed by atoms with Crippen LogP contribution in [0.15, 0.2) is 30.3 Å². The summed E-state index contributed by atoms with van der Waals surface area (Å²) >= 11 is 0. The molecule has 0 fully saturated rings. The van der Waals surface area contributed by atoms with Crippen LogP contribution in [0.5, 0.6) is 0 Å². The molecule has 28 heavy (non-hydrogen) atoms. The van der Waals surface area contributed by atoms with Crippen LogP contribution in [0, 0.1) is 5.92 Å². The molecule has 0 saturated carbocycles. The third-order valence-electron chi connectivity index (χ3n) is 3.81. The van der Waals surface area contributed by atoms with Crippen LogP contribution in [0.3, 0.4) is 0 Å². The van der Waals surface area contributed by atoms with E-state index in [-0.39, 0.29) is 18.9 Å². The summed E-state index contributed by atoms with van der Waals surface area (Å²) in [5.74, 6) is -3.62. The number of esters is 1. The number of ether oxygens (including phenoxy) is 1. The molecule has 0 aliphatic heterocycles. The summed E-state index contributed by atoms with van der Waals surface area (Å²) in [4.78, 5) is 51.3. The molecule has 0 aliphatic carbocycles. The topological polar surface area (TPSA) is 129 Å². The van der Waals surface area contributed by atoms with Crippen molar-refractivity contribution in [2.24, 2.45) is 5.92 Å². The predicted octanol–water partition coefficient (Wildman–Crippen LogP) is 0.936. The first-order valence-electron chi connectivity index (χ1n) is 8.70. The van der Waals surface area contributed by atoms with Gasteiger partial charge in [0.25, 0.3) is 5.91 Å². The number of imide groups is 1. The Kier molecular flexibility index (Phi) is 8.71. The van der Waals surface area contributed by atoms with E-state index in [0.29, 0.717) is 4.90 Å². The van der Waals surface area contributed by atoms with Crippen LogP contribution in [0.25, 0.3) is 5.53 Å². The minimum Gasteiger partial charge on any atom is -0.443 e. The SMILES string of the molecule is CC(=O)N(C)C(=O)C(=[N+]=[N-])C(=O)O[C@@H](CC(C)C)C(=O)NCc1ccccc1. The maximum absolute atomic E-state index is 12.5. The fourth-order valence-electron chi connectivity index (χ4n) is 2.19. The maximum atomic E-state index is 12.5. The van der Waals surface area contributed by atoms with E-state index in [1.165, 1.54) is 0 Å². The zero-order valence-electron chi connectivity index (χ0n) is 16.3. The molecule has 0 saturated heterocycles. The lowest BCUT2D eigenvalue weighted by Gasteiger charge is -2.18. The molecule has 1 aromatic rings. The molecule has 1 rings (SSSR count). The van der Waals surface area contributed by atoms with Crippen molar-refractivity contribution in [3.63, 3.8) is 0 Å². The Labute approximate surface area is 163 Å². The standard InChI is InChI=1S/C19H24N4O5/c1-12(2)10-15(17(25)21-11-14-8-6-5-7-9-14)28-19(27)16(22-20)18(26)23(4)13(3)24/h5-9,12,15H,10-11H2,1-4H3,(H,21,25)/t15-/m0/s1. The molecular formula is C19H24N4O5. The van der Waals surface area contributed by atoms with Gasteiger partial charge in [-0.25, -0.2) is 4.79 Å². The van der Waals surface area contributed by atoms with Gasteiger partial charge in [-0.1, -0.05) is 44.2 Å². The second-order valence-corrected chi connectivity index (χ2v) is 6.56. The smallest absolute Gasteiger partial charge is 0.443 e. The highest BCUT2D eigenvalue weighted by molar-refractivity contribution is 6.62. The number of nitrogens with one attached hydrogen (secondary N) is 1. The Balaban J connectivity index is 2.87. The Bertz CT molecular complexity index is 785. The molecule has 1 N–H and O–H groups in total. The third kappa shape index (κ3) is 6.77. The maximum Gasteiger partial charge on any atom is 0.463 e. The summed E-state index contributed by atoms with van der Waals surface area (Å²) in [7, 11) is 1.13. The van der Waals surface area contributed by atoms with E-state index in [9.17, 15) is 19.2 Å². The van der Waals surface area contributed by atoms with Crippen molar-refractivity contribution in [2.45, 2.75) is 39.8 Å². The van der Waals surface area contributed by atoms with Crippen LogP contribution in [0.4, 0.5) is 0 Å². The molecule has 0 aliphatic rings. The van der Waals surface area contributed by atoms with Gasteiger partial charge in [0.05, 0.1) is 0 Å². The zero-order chi connectivity index (χ0) is 21.3. The number of rotatable bonds is 8. The van der Waals surface area contributed by atoms with Crippen molar-refractivity contribution in [2.75, 3.05) is 7.05 Å². The number of nitrogens with zero attached hydrogens (tertiary/aromatic N) is 3. The number of carbonyl (C=O) groups is 4. The van der Waals surface area contributed by atoms with Crippen LogP contribution in [-0.4, -0.2) is 52.2 Å². The van der Waals surface area contributed by atoms with E-state index in [4.69, 9.17) is 10.3 Å². The van der Waals surface area contributed by atoms with E-state index in [2.05, 4.69) is 10.1 Å². The Hall–Kier alpha value is -3.32. The molecular weight excluding hydrogens is 364 g/mol. The van der Waals surface area contributed by atoms with E-state index < -0.39 is 35.5 Å². The van der Waals surface area contributed by atoms with Gasteiger partial charge >= 0.3 is 17.6 Å². The zero-order valence-corrected chi connectivity index (χ0v) is 16.3.